The molecule has 1 aromatic rings. The van der Waals surface area contributed by atoms with Crippen LogP contribution in [0.1, 0.15) is 127 Å². The molecule has 7 nitrogen and oxygen atoms in total. The third-order valence-electron chi connectivity index (χ3n) is 15.9. The number of aliphatic hydroxyl groups is 1. The second-order valence-corrected chi connectivity index (χ2v) is 18.2. The number of esters is 1. The molecule has 0 bridgehead atoms. The van der Waals surface area contributed by atoms with Crippen molar-refractivity contribution in [1.29, 1.82) is 0 Å². The Hall–Kier alpha value is -2.41. The average Bonchev–Trinajstić information content (AvgIpc) is 3.73. The molecule has 3 N–H and O–H groups in total. The van der Waals surface area contributed by atoms with E-state index in [1.807, 2.05) is 18.2 Å². The highest BCUT2D eigenvalue weighted by molar-refractivity contribution is 5.95. The van der Waals surface area contributed by atoms with Crippen molar-refractivity contribution in [2.24, 2.45) is 56.7 Å². The fraction of sp³-hybridized carbons (Fsp3) is 0.780. The van der Waals surface area contributed by atoms with Crippen molar-refractivity contribution in [3.63, 3.8) is 0 Å². The Kier molecular flexibility index (Phi) is 8.60. The lowest BCUT2D eigenvalue weighted by atomic mass is 9.36. The summed E-state index contributed by atoms with van der Waals surface area (Å²) in [6, 6.07) is 7.62. The van der Waals surface area contributed by atoms with Gasteiger partial charge in [-0.15, -0.1) is 0 Å². The number of methoxy groups -OCH3 is 1. The van der Waals surface area contributed by atoms with E-state index in [4.69, 9.17) is 4.74 Å². The number of carbonyl (C=O) groups is 3. The van der Waals surface area contributed by atoms with Gasteiger partial charge < -0.3 is 20.5 Å². The number of fused-ring (bicyclic) bond motifs is 7. The Bertz CT molecular complexity index is 1440. The lowest BCUT2D eigenvalue weighted by Gasteiger charge is -2.69. The molecule has 264 valence electrons. The van der Waals surface area contributed by atoms with Crippen molar-refractivity contribution >= 4 is 17.8 Å². The van der Waals surface area contributed by atoms with Crippen molar-refractivity contribution in [3.8, 4) is 0 Å². The fourth-order valence-electron chi connectivity index (χ4n) is 13.1. The van der Waals surface area contributed by atoms with Crippen LogP contribution in [0.3, 0.4) is 0 Å². The van der Waals surface area contributed by atoms with Crippen LogP contribution in [0.5, 0.6) is 0 Å². The minimum absolute atomic E-state index is 0.0185. The maximum absolute atomic E-state index is 14.2. The maximum Gasteiger partial charge on any atom is 0.313 e. The van der Waals surface area contributed by atoms with Gasteiger partial charge in [-0.05, 0) is 147 Å². The Labute approximate surface area is 288 Å². The molecule has 0 radical (unpaired) electrons. The number of carbonyl (C=O) groups excluding carboxylic acids is 3. The number of hydrogen-bond acceptors (Lipinski definition) is 5. The smallest absolute Gasteiger partial charge is 0.313 e. The predicted octanol–water partition coefficient (Wildman–Crippen LogP) is 6.85. The Balaban J connectivity index is 0.980. The molecule has 0 spiro atoms. The van der Waals surface area contributed by atoms with E-state index in [2.05, 4.69) is 38.3 Å². The first-order valence-electron chi connectivity index (χ1n) is 19.2. The van der Waals surface area contributed by atoms with Crippen LogP contribution in [0.2, 0.25) is 0 Å². The quantitative estimate of drug-likeness (QED) is 0.265. The van der Waals surface area contributed by atoms with Gasteiger partial charge >= 0.3 is 5.97 Å². The van der Waals surface area contributed by atoms with E-state index in [0.717, 1.165) is 50.5 Å². The van der Waals surface area contributed by atoms with E-state index in [9.17, 15) is 19.5 Å². The number of rotatable bonds is 8. The molecule has 9 atom stereocenters. The molecule has 7 heteroatoms. The van der Waals surface area contributed by atoms with Gasteiger partial charge in [-0.3, -0.25) is 14.4 Å². The summed E-state index contributed by atoms with van der Waals surface area (Å²) in [6.07, 6.45) is 14.6. The molecule has 9 unspecified atom stereocenters. The zero-order valence-electron chi connectivity index (χ0n) is 30.2. The summed E-state index contributed by atoms with van der Waals surface area (Å²) in [5.41, 5.74) is 1.41. The van der Waals surface area contributed by atoms with Gasteiger partial charge in [0, 0.05) is 18.7 Å². The number of aliphatic hydroxyl groups excluding tert-OH is 1. The van der Waals surface area contributed by atoms with Crippen LogP contribution in [-0.4, -0.2) is 49.2 Å². The van der Waals surface area contributed by atoms with Crippen molar-refractivity contribution in [2.45, 2.75) is 124 Å². The summed E-state index contributed by atoms with van der Waals surface area (Å²) in [7, 11) is 1.39. The summed E-state index contributed by atoms with van der Waals surface area (Å²) in [4.78, 5) is 39.1. The fourth-order valence-corrected chi connectivity index (χ4v) is 13.1. The molecule has 0 aromatic heterocycles. The van der Waals surface area contributed by atoms with E-state index >= 15 is 0 Å². The minimum atomic E-state index is -0.561. The van der Waals surface area contributed by atoms with Gasteiger partial charge in [0.25, 0.3) is 5.91 Å². The number of amides is 2. The normalized spacial score (nSPS) is 40.3. The van der Waals surface area contributed by atoms with Crippen molar-refractivity contribution in [3.05, 3.63) is 35.4 Å². The lowest BCUT2D eigenvalue weighted by molar-refractivity contribution is -0.214. The first kappa shape index (κ1) is 34.1. The molecule has 2 amide bonds. The second-order valence-electron chi connectivity index (χ2n) is 18.2. The van der Waals surface area contributed by atoms with E-state index < -0.39 is 5.41 Å². The van der Waals surface area contributed by atoms with Gasteiger partial charge in [0.2, 0.25) is 5.91 Å². The van der Waals surface area contributed by atoms with Crippen LogP contribution in [-0.2, 0) is 20.7 Å². The van der Waals surface area contributed by atoms with Crippen LogP contribution < -0.4 is 10.6 Å². The SMILES string of the molecule is COC(=O)C1(CNC(=O)c2cccc(CCNC(=O)C34CCCC3C3CCC5C(C)(CCC6C(C)(C)C(O)CCC65C)C3CC4)c2)CC1. The molecule has 48 heavy (non-hydrogen) atoms. The summed E-state index contributed by atoms with van der Waals surface area (Å²) in [5.74, 6) is 2.94. The van der Waals surface area contributed by atoms with Gasteiger partial charge in [-0.25, -0.2) is 0 Å². The molecular formula is C41H60N2O5. The summed E-state index contributed by atoms with van der Waals surface area (Å²) < 4.78 is 4.92. The zero-order valence-corrected chi connectivity index (χ0v) is 30.2. The van der Waals surface area contributed by atoms with Gasteiger partial charge in [0.05, 0.1) is 24.0 Å². The number of nitrogens with one attached hydrogen (secondary N) is 2. The van der Waals surface area contributed by atoms with E-state index in [-0.39, 0.29) is 34.7 Å². The second kappa shape index (κ2) is 12.1. The third-order valence-corrected chi connectivity index (χ3v) is 15.9. The molecule has 6 aliphatic carbocycles. The van der Waals surface area contributed by atoms with E-state index in [1.54, 1.807) is 6.07 Å². The van der Waals surface area contributed by atoms with Crippen molar-refractivity contribution in [1.82, 2.24) is 10.6 Å². The minimum Gasteiger partial charge on any atom is -0.469 e. The Morgan fingerprint density at radius 2 is 1.60 bits per heavy atom. The Morgan fingerprint density at radius 1 is 0.833 bits per heavy atom. The summed E-state index contributed by atoms with van der Waals surface area (Å²) in [5, 5.41) is 17.3. The van der Waals surface area contributed by atoms with Crippen LogP contribution >= 0.6 is 0 Å². The van der Waals surface area contributed by atoms with Gasteiger partial charge in [0.15, 0.2) is 0 Å². The first-order chi connectivity index (χ1) is 22.8. The molecule has 0 aliphatic heterocycles. The molecule has 0 heterocycles. The highest BCUT2D eigenvalue weighted by Crippen LogP contribution is 2.73. The molecule has 6 fully saturated rings. The van der Waals surface area contributed by atoms with Crippen molar-refractivity contribution < 1.29 is 24.2 Å². The van der Waals surface area contributed by atoms with Crippen molar-refractivity contribution in [2.75, 3.05) is 20.2 Å². The van der Waals surface area contributed by atoms with Crippen LogP contribution in [0.4, 0.5) is 0 Å². The Morgan fingerprint density at radius 3 is 2.35 bits per heavy atom. The largest absolute Gasteiger partial charge is 0.469 e. The topological polar surface area (TPSA) is 105 Å². The van der Waals surface area contributed by atoms with Crippen LogP contribution in [0.15, 0.2) is 24.3 Å². The first-order valence-corrected chi connectivity index (χ1v) is 19.2. The molecule has 7 rings (SSSR count). The number of benzene rings is 1. The van der Waals surface area contributed by atoms with Gasteiger partial charge in [-0.2, -0.15) is 0 Å². The number of hydrogen-bond donors (Lipinski definition) is 3. The van der Waals surface area contributed by atoms with Crippen LogP contribution in [0, 0.1) is 56.7 Å². The standard InChI is InChI=1S/C41H60N2O5/c1-37(2)31-14-18-38(3)29-13-20-41(17-7-10-30(41)28(29)11-12-32(38)39(31,4)19-15-33(37)44)35(46)42-23-16-26-8-6-9-27(24-26)34(45)43-25-40(21-22-40)36(47)48-5/h6,8-9,24,28-33,44H,7,10-23,25H2,1-5H3,(H,42,46)(H,43,45). The molecule has 0 saturated heterocycles. The van der Waals surface area contributed by atoms with Gasteiger partial charge in [-0.1, -0.05) is 46.2 Å². The van der Waals surface area contributed by atoms with Crippen LogP contribution in [0.25, 0.3) is 0 Å². The highest BCUT2D eigenvalue weighted by Gasteiger charge is 2.67. The summed E-state index contributed by atoms with van der Waals surface area (Å²) >= 11 is 0. The molecule has 1 aromatic carbocycles. The molecule has 6 aliphatic rings. The average molecular weight is 661 g/mol. The third kappa shape index (κ3) is 5.26. The number of ether oxygens (including phenoxy) is 1. The highest BCUT2D eigenvalue weighted by atomic mass is 16.5. The molecular weight excluding hydrogens is 600 g/mol. The monoisotopic (exact) mass is 660 g/mol. The molecule has 6 saturated carbocycles. The van der Waals surface area contributed by atoms with E-state index in [0.29, 0.717) is 65.5 Å². The zero-order chi connectivity index (χ0) is 34.1. The van der Waals surface area contributed by atoms with Gasteiger partial charge in [0.1, 0.15) is 0 Å². The lowest BCUT2D eigenvalue weighted by Crippen LogP contribution is -2.63. The van der Waals surface area contributed by atoms with E-state index in [1.165, 1.54) is 45.6 Å². The maximum atomic E-state index is 14.2. The predicted molar refractivity (Wildman–Crippen MR) is 186 cm³/mol. The summed E-state index contributed by atoms with van der Waals surface area (Å²) in [6.45, 7) is 10.7.